The van der Waals surface area contributed by atoms with Gasteiger partial charge in [0.1, 0.15) is 9.84 Å². The summed E-state index contributed by atoms with van der Waals surface area (Å²) in [5.41, 5.74) is 6.77. The molecule has 0 saturated carbocycles. The molecule has 0 fully saturated rings. The second kappa shape index (κ2) is 7.89. The van der Waals surface area contributed by atoms with Crippen molar-refractivity contribution in [3.8, 4) is 0 Å². The number of unbranched alkanes of at least 4 members (excludes halogenated alkanes) is 1. The number of rotatable bonds is 8. The minimum absolute atomic E-state index is 0.0602. The zero-order valence-corrected chi connectivity index (χ0v) is 12.6. The van der Waals surface area contributed by atoms with E-state index in [-0.39, 0.29) is 23.8 Å². The van der Waals surface area contributed by atoms with E-state index in [1.807, 2.05) is 6.92 Å². The molecule has 1 amide bonds. The van der Waals surface area contributed by atoms with Crippen molar-refractivity contribution in [3.63, 3.8) is 0 Å². The molecular formula is C14H22N2O3S. The van der Waals surface area contributed by atoms with Crippen LogP contribution in [0.3, 0.4) is 0 Å². The molecule has 0 aromatic heterocycles. The maximum absolute atomic E-state index is 11.7. The lowest BCUT2D eigenvalue weighted by atomic mass is 10.2. The molecule has 0 aliphatic heterocycles. The zero-order valence-electron chi connectivity index (χ0n) is 11.8. The summed E-state index contributed by atoms with van der Waals surface area (Å²) in [7, 11) is -3.03. The highest BCUT2D eigenvalue weighted by Crippen LogP contribution is 2.17. The van der Waals surface area contributed by atoms with Crippen LogP contribution in [0.1, 0.15) is 32.6 Å². The Kier molecular flexibility index (Phi) is 6.51. The molecular weight excluding hydrogens is 276 g/mol. The van der Waals surface area contributed by atoms with E-state index in [0.717, 1.165) is 6.42 Å². The number of nitrogen functional groups attached to an aromatic ring is 1. The first-order valence-corrected chi connectivity index (χ1v) is 8.61. The molecule has 0 spiro atoms. The van der Waals surface area contributed by atoms with Crippen molar-refractivity contribution in [2.75, 3.05) is 22.6 Å². The van der Waals surface area contributed by atoms with Crippen LogP contribution >= 0.6 is 0 Å². The fraction of sp³-hybridized carbons (Fsp3) is 0.500. The molecule has 112 valence electrons. The molecule has 0 atom stereocenters. The smallest absolute Gasteiger partial charge is 0.224 e. The molecule has 0 aliphatic rings. The summed E-state index contributed by atoms with van der Waals surface area (Å²) in [6, 6.07) is 6.97. The van der Waals surface area contributed by atoms with Crippen LogP contribution in [0.25, 0.3) is 0 Å². The Morgan fingerprint density at radius 3 is 2.50 bits per heavy atom. The number of hydrogen-bond donors (Lipinski definition) is 2. The van der Waals surface area contributed by atoms with Crippen molar-refractivity contribution in [1.82, 2.24) is 0 Å². The number of nitrogens with one attached hydrogen (secondary N) is 1. The first kappa shape index (κ1) is 16.5. The molecule has 1 rings (SSSR count). The van der Waals surface area contributed by atoms with E-state index in [4.69, 9.17) is 5.73 Å². The summed E-state index contributed by atoms with van der Waals surface area (Å²) < 4.78 is 23.3. The van der Waals surface area contributed by atoms with E-state index in [0.29, 0.717) is 24.2 Å². The van der Waals surface area contributed by atoms with Gasteiger partial charge in [-0.2, -0.15) is 0 Å². The lowest BCUT2D eigenvalue weighted by Gasteiger charge is -2.08. The van der Waals surface area contributed by atoms with Crippen LogP contribution in [-0.2, 0) is 14.6 Å². The molecule has 0 bridgehead atoms. The molecule has 1 aromatic carbocycles. The Labute approximate surface area is 120 Å². The maximum Gasteiger partial charge on any atom is 0.224 e. The van der Waals surface area contributed by atoms with Crippen LogP contribution in [-0.4, -0.2) is 25.8 Å². The van der Waals surface area contributed by atoms with Crippen molar-refractivity contribution < 1.29 is 13.2 Å². The van der Waals surface area contributed by atoms with Crippen LogP contribution in [0.4, 0.5) is 11.4 Å². The molecule has 20 heavy (non-hydrogen) atoms. The number of nitrogens with two attached hydrogens (primary N) is 1. The predicted molar refractivity (Wildman–Crippen MR) is 82.3 cm³/mol. The molecule has 1 aromatic rings. The van der Waals surface area contributed by atoms with Crippen molar-refractivity contribution in [2.24, 2.45) is 0 Å². The average molecular weight is 298 g/mol. The molecule has 5 nitrogen and oxygen atoms in total. The van der Waals surface area contributed by atoms with Gasteiger partial charge in [-0.05, 0) is 25.0 Å². The highest BCUT2D eigenvalue weighted by atomic mass is 32.2. The van der Waals surface area contributed by atoms with Crippen molar-refractivity contribution in [2.45, 2.75) is 32.6 Å². The van der Waals surface area contributed by atoms with E-state index in [9.17, 15) is 13.2 Å². The minimum Gasteiger partial charge on any atom is -0.397 e. The average Bonchev–Trinajstić information content (AvgIpc) is 2.39. The van der Waals surface area contributed by atoms with Crippen LogP contribution in [0, 0.1) is 0 Å². The Morgan fingerprint density at radius 2 is 1.85 bits per heavy atom. The first-order chi connectivity index (χ1) is 9.44. The topological polar surface area (TPSA) is 89.3 Å². The summed E-state index contributed by atoms with van der Waals surface area (Å²) in [5, 5.41) is 2.68. The van der Waals surface area contributed by atoms with E-state index < -0.39 is 9.84 Å². The molecule has 0 saturated heterocycles. The summed E-state index contributed by atoms with van der Waals surface area (Å²) in [4.78, 5) is 11.7. The highest BCUT2D eigenvalue weighted by molar-refractivity contribution is 7.91. The number of anilines is 2. The van der Waals surface area contributed by atoms with Gasteiger partial charge in [-0.15, -0.1) is 0 Å². The Hall–Kier alpha value is -1.56. The number of carbonyl (C=O) groups is 1. The maximum atomic E-state index is 11.7. The Bertz CT molecular complexity index is 541. The molecule has 3 N–H and O–H groups in total. The van der Waals surface area contributed by atoms with E-state index >= 15 is 0 Å². The second-order valence-electron chi connectivity index (χ2n) is 4.74. The van der Waals surface area contributed by atoms with Crippen molar-refractivity contribution >= 4 is 27.1 Å². The summed E-state index contributed by atoms with van der Waals surface area (Å²) in [6.07, 6.45) is 2.05. The van der Waals surface area contributed by atoms with Gasteiger partial charge < -0.3 is 11.1 Å². The van der Waals surface area contributed by atoms with Gasteiger partial charge in [0, 0.05) is 6.42 Å². The summed E-state index contributed by atoms with van der Waals surface area (Å²) in [6.45, 7) is 1.95. The van der Waals surface area contributed by atoms with E-state index in [2.05, 4.69) is 5.32 Å². The third-order valence-corrected chi connectivity index (χ3v) is 4.72. The fourth-order valence-electron chi connectivity index (χ4n) is 1.74. The molecule has 0 aliphatic carbocycles. The number of hydrogen-bond acceptors (Lipinski definition) is 4. The summed E-state index contributed by atoms with van der Waals surface area (Å²) in [5.74, 6) is 0.0511. The normalized spacial score (nSPS) is 11.2. The quantitative estimate of drug-likeness (QED) is 0.720. The monoisotopic (exact) mass is 298 g/mol. The lowest BCUT2D eigenvalue weighted by molar-refractivity contribution is -0.116. The lowest BCUT2D eigenvalue weighted by Crippen LogP contribution is -2.16. The number of para-hydroxylation sites is 2. The first-order valence-electron chi connectivity index (χ1n) is 6.79. The molecule has 0 heterocycles. The number of sulfone groups is 1. The van der Waals surface area contributed by atoms with Crippen LogP contribution in [0.2, 0.25) is 0 Å². The molecule has 0 unspecified atom stereocenters. The zero-order chi connectivity index (χ0) is 15.0. The van der Waals surface area contributed by atoms with Crippen molar-refractivity contribution in [3.05, 3.63) is 24.3 Å². The van der Waals surface area contributed by atoms with Crippen LogP contribution < -0.4 is 11.1 Å². The number of carbonyl (C=O) groups excluding carboxylic acids is 1. The summed E-state index contributed by atoms with van der Waals surface area (Å²) >= 11 is 0. The van der Waals surface area contributed by atoms with Crippen molar-refractivity contribution in [1.29, 1.82) is 0 Å². The third kappa shape index (κ3) is 6.06. The standard InChI is InChI=1S/C14H22N2O3S/c1-2-3-10-20(18,19)11-6-9-14(17)16-13-8-5-4-7-12(13)15/h4-5,7-8H,2-3,6,9-11,15H2,1H3,(H,16,17). The largest absolute Gasteiger partial charge is 0.397 e. The Balaban J connectivity index is 2.36. The highest BCUT2D eigenvalue weighted by Gasteiger charge is 2.11. The van der Waals surface area contributed by atoms with E-state index in [1.54, 1.807) is 24.3 Å². The number of amides is 1. The van der Waals surface area contributed by atoms with Gasteiger partial charge in [-0.3, -0.25) is 4.79 Å². The third-order valence-electron chi connectivity index (χ3n) is 2.90. The van der Waals surface area contributed by atoms with Crippen LogP contribution in [0.5, 0.6) is 0 Å². The number of benzene rings is 1. The Morgan fingerprint density at radius 1 is 1.20 bits per heavy atom. The minimum atomic E-state index is -3.03. The van der Waals surface area contributed by atoms with Crippen LogP contribution in [0.15, 0.2) is 24.3 Å². The van der Waals surface area contributed by atoms with Gasteiger partial charge >= 0.3 is 0 Å². The second-order valence-corrected chi connectivity index (χ2v) is 7.05. The van der Waals surface area contributed by atoms with Gasteiger partial charge in [0.15, 0.2) is 0 Å². The van der Waals surface area contributed by atoms with Gasteiger partial charge in [0.05, 0.1) is 22.9 Å². The van der Waals surface area contributed by atoms with Gasteiger partial charge in [0.25, 0.3) is 0 Å². The van der Waals surface area contributed by atoms with Gasteiger partial charge in [0.2, 0.25) is 5.91 Å². The SMILES string of the molecule is CCCCS(=O)(=O)CCCC(=O)Nc1ccccc1N. The fourth-order valence-corrected chi connectivity index (χ4v) is 3.26. The van der Waals surface area contributed by atoms with Gasteiger partial charge in [-0.1, -0.05) is 25.5 Å². The molecule has 0 radical (unpaired) electrons. The molecule has 6 heteroatoms. The predicted octanol–water partition coefficient (Wildman–Crippen LogP) is 2.20. The van der Waals surface area contributed by atoms with Gasteiger partial charge in [-0.25, -0.2) is 8.42 Å². The van der Waals surface area contributed by atoms with E-state index in [1.165, 1.54) is 0 Å².